The second kappa shape index (κ2) is 9.83. The number of carbonyl (C=O) groups is 1. The number of hydrogen-bond acceptors (Lipinski definition) is 5. The normalized spacial score (nSPS) is 9.83. The third kappa shape index (κ3) is 5.70. The zero-order chi connectivity index (χ0) is 17.1. The number of anilines is 1. The summed E-state index contributed by atoms with van der Waals surface area (Å²) in [6.45, 7) is 7.69. The van der Waals surface area contributed by atoms with Crippen LogP contribution in [-0.4, -0.2) is 27.3 Å². The van der Waals surface area contributed by atoms with Gasteiger partial charge in [-0.25, -0.2) is 19.8 Å². The van der Waals surface area contributed by atoms with Gasteiger partial charge in [0.15, 0.2) is 0 Å². The summed E-state index contributed by atoms with van der Waals surface area (Å²) in [5, 5.41) is 14.7. The lowest BCUT2D eigenvalue weighted by atomic mass is 10.2. The number of aromatic carboxylic acids is 1. The fourth-order valence-electron chi connectivity index (χ4n) is 1.64. The number of hydrazone groups is 1. The first-order chi connectivity index (χ1) is 11.2. The van der Waals surface area contributed by atoms with Crippen LogP contribution in [0.5, 0.6) is 0 Å². The van der Waals surface area contributed by atoms with Crippen molar-refractivity contribution in [3.63, 3.8) is 0 Å². The van der Waals surface area contributed by atoms with Gasteiger partial charge in [-0.1, -0.05) is 20.4 Å². The molecule has 1 heterocycles. The Hall–Kier alpha value is -3.02. The molecule has 2 aromatic rings. The Balaban J connectivity index is 0.00000127. The van der Waals surface area contributed by atoms with Gasteiger partial charge in [-0.05, 0) is 30.3 Å². The van der Waals surface area contributed by atoms with E-state index < -0.39 is 5.97 Å². The maximum Gasteiger partial charge on any atom is 0.335 e. The average molecular weight is 312 g/mol. The molecule has 23 heavy (non-hydrogen) atoms. The van der Waals surface area contributed by atoms with E-state index in [0.29, 0.717) is 6.42 Å². The highest BCUT2D eigenvalue weighted by Gasteiger charge is 2.04. The molecule has 0 aliphatic heterocycles. The summed E-state index contributed by atoms with van der Waals surface area (Å²) in [6.07, 6.45) is 6.98. The number of rotatable bonds is 6. The van der Waals surface area contributed by atoms with E-state index in [4.69, 9.17) is 5.11 Å². The summed E-state index contributed by atoms with van der Waals surface area (Å²) < 4.78 is 0. The maximum atomic E-state index is 10.8. The molecule has 0 atom stereocenters. The smallest absolute Gasteiger partial charge is 0.335 e. The molecule has 1 aromatic carbocycles. The third-order valence-electron chi connectivity index (χ3n) is 2.70. The first kappa shape index (κ1) is 18.0. The highest BCUT2D eigenvalue weighted by Crippen LogP contribution is 2.15. The van der Waals surface area contributed by atoms with Gasteiger partial charge < -0.3 is 5.11 Å². The molecule has 0 bridgehead atoms. The van der Waals surface area contributed by atoms with E-state index in [1.165, 1.54) is 18.5 Å². The van der Waals surface area contributed by atoms with Crippen LogP contribution in [-0.2, 0) is 6.42 Å². The van der Waals surface area contributed by atoms with Crippen molar-refractivity contribution in [1.82, 2.24) is 9.97 Å². The zero-order valence-electron chi connectivity index (χ0n) is 13.3. The molecule has 0 saturated carbocycles. The van der Waals surface area contributed by atoms with Crippen molar-refractivity contribution in [3.05, 3.63) is 66.9 Å². The Labute approximate surface area is 135 Å². The molecular weight excluding hydrogens is 292 g/mol. The SMILES string of the molecule is C=CN(/N=C\Cc1ccncn1)c1ccc(C(=O)O)cc1.CC. The first-order valence-electron chi connectivity index (χ1n) is 7.23. The lowest BCUT2D eigenvalue weighted by molar-refractivity contribution is 0.0697. The number of nitrogens with zero attached hydrogens (tertiary/aromatic N) is 4. The Morgan fingerprint density at radius 2 is 2.00 bits per heavy atom. The van der Waals surface area contributed by atoms with E-state index in [-0.39, 0.29) is 5.56 Å². The van der Waals surface area contributed by atoms with Crippen LogP contribution in [0.1, 0.15) is 29.9 Å². The Kier molecular flexibility index (Phi) is 7.71. The van der Waals surface area contributed by atoms with Gasteiger partial charge in [0.05, 0.1) is 11.3 Å². The highest BCUT2D eigenvalue weighted by atomic mass is 16.4. The minimum atomic E-state index is -0.959. The van der Waals surface area contributed by atoms with Crippen LogP contribution in [0.3, 0.4) is 0 Å². The third-order valence-corrected chi connectivity index (χ3v) is 2.70. The monoisotopic (exact) mass is 312 g/mol. The minimum absolute atomic E-state index is 0.229. The quantitative estimate of drug-likeness (QED) is 0.653. The van der Waals surface area contributed by atoms with E-state index in [1.54, 1.807) is 35.8 Å². The van der Waals surface area contributed by atoms with Crippen molar-refractivity contribution in [2.24, 2.45) is 5.10 Å². The summed E-state index contributed by atoms with van der Waals surface area (Å²) in [4.78, 5) is 18.7. The molecule has 0 amide bonds. The molecule has 6 nitrogen and oxygen atoms in total. The van der Waals surface area contributed by atoms with Crippen LogP contribution in [0.15, 0.2) is 60.7 Å². The molecule has 0 spiro atoms. The molecule has 2 rings (SSSR count). The van der Waals surface area contributed by atoms with Crippen LogP contribution in [0.25, 0.3) is 0 Å². The molecule has 0 fully saturated rings. The summed E-state index contributed by atoms with van der Waals surface area (Å²) in [5.74, 6) is -0.959. The number of hydrogen-bond donors (Lipinski definition) is 1. The summed E-state index contributed by atoms with van der Waals surface area (Å²) in [7, 11) is 0. The van der Waals surface area contributed by atoms with Crippen molar-refractivity contribution in [1.29, 1.82) is 0 Å². The molecule has 0 unspecified atom stereocenters. The molecule has 1 aromatic heterocycles. The van der Waals surface area contributed by atoms with Crippen molar-refractivity contribution in [3.8, 4) is 0 Å². The average Bonchev–Trinajstić information content (AvgIpc) is 2.61. The molecule has 120 valence electrons. The second-order valence-corrected chi connectivity index (χ2v) is 4.08. The molecule has 0 saturated heterocycles. The van der Waals surface area contributed by atoms with Crippen LogP contribution >= 0.6 is 0 Å². The van der Waals surface area contributed by atoms with Crippen molar-refractivity contribution < 1.29 is 9.90 Å². The van der Waals surface area contributed by atoms with E-state index in [2.05, 4.69) is 21.6 Å². The van der Waals surface area contributed by atoms with Crippen molar-refractivity contribution >= 4 is 17.9 Å². The summed E-state index contributed by atoms with van der Waals surface area (Å²) in [6, 6.07) is 8.20. The standard InChI is InChI=1S/C15H14N4O2.C2H6/c1-2-19(14-5-3-12(4-6-14)15(20)21)18-10-8-13-7-9-16-11-17-13;1-2/h2-7,9-11H,1,8H2,(H,20,21);1-2H3/b18-10-;. The fourth-order valence-corrected chi connectivity index (χ4v) is 1.64. The van der Waals surface area contributed by atoms with Gasteiger partial charge in [-0.15, -0.1) is 0 Å². The molecule has 1 N–H and O–H groups in total. The van der Waals surface area contributed by atoms with Crippen LogP contribution in [0.2, 0.25) is 0 Å². The molecule has 0 aliphatic rings. The summed E-state index contributed by atoms with van der Waals surface area (Å²) >= 11 is 0. The molecule has 6 heteroatoms. The van der Waals surface area contributed by atoms with E-state index in [0.717, 1.165) is 11.4 Å². The highest BCUT2D eigenvalue weighted by molar-refractivity contribution is 5.88. The van der Waals surface area contributed by atoms with Crippen LogP contribution in [0, 0.1) is 0 Å². The minimum Gasteiger partial charge on any atom is -0.478 e. The van der Waals surface area contributed by atoms with Crippen LogP contribution < -0.4 is 5.01 Å². The Morgan fingerprint density at radius 3 is 2.52 bits per heavy atom. The van der Waals surface area contributed by atoms with Gasteiger partial charge in [0.25, 0.3) is 0 Å². The topological polar surface area (TPSA) is 78.7 Å². The lowest BCUT2D eigenvalue weighted by Gasteiger charge is -2.13. The number of benzene rings is 1. The fraction of sp³-hybridized carbons (Fsp3) is 0.176. The van der Waals surface area contributed by atoms with Crippen LogP contribution in [0.4, 0.5) is 5.69 Å². The predicted octanol–water partition coefficient (Wildman–Crippen LogP) is 3.38. The second-order valence-electron chi connectivity index (χ2n) is 4.08. The van der Waals surface area contributed by atoms with Gasteiger partial charge in [0.1, 0.15) is 6.33 Å². The number of carboxylic acid groups (broad SMARTS) is 1. The largest absolute Gasteiger partial charge is 0.478 e. The van der Waals surface area contributed by atoms with E-state index >= 15 is 0 Å². The van der Waals surface area contributed by atoms with Crippen molar-refractivity contribution in [2.45, 2.75) is 20.3 Å². The van der Waals surface area contributed by atoms with Gasteiger partial charge in [0.2, 0.25) is 0 Å². The lowest BCUT2D eigenvalue weighted by Crippen LogP contribution is -2.08. The van der Waals surface area contributed by atoms with Crippen molar-refractivity contribution in [2.75, 3.05) is 5.01 Å². The molecule has 0 radical (unpaired) electrons. The predicted molar refractivity (Wildman–Crippen MR) is 91.7 cm³/mol. The molecule has 0 aliphatic carbocycles. The van der Waals surface area contributed by atoms with E-state index in [1.807, 2.05) is 19.9 Å². The number of aromatic nitrogens is 2. The van der Waals surface area contributed by atoms with E-state index in [9.17, 15) is 4.79 Å². The van der Waals surface area contributed by atoms with Gasteiger partial charge in [0, 0.05) is 30.7 Å². The molecular formula is C17H20N4O2. The summed E-state index contributed by atoms with van der Waals surface area (Å²) in [5.41, 5.74) is 1.82. The zero-order valence-corrected chi connectivity index (χ0v) is 13.3. The first-order valence-corrected chi connectivity index (χ1v) is 7.23. The Morgan fingerprint density at radius 1 is 1.30 bits per heavy atom. The van der Waals surface area contributed by atoms with Gasteiger partial charge in [-0.2, -0.15) is 5.10 Å². The van der Waals surface area contributed by atoms with Gasteiger partial charge in [-0.3, -0.25) is 0 Å². The maximum absolute atomic E-state index is 10.8. The Bertz CT molecular complexity index is 639. The number of carboxylic acids is 1. The van der Waals surface area contributed by atoms with Gasteiger partial charge >= 0.3 is 5.97 Å².